The van der Waals surface area contributed by atoms with Crippen LogP contribution in [0.25, 0.3) is 11.3 Å². The standard InChI is InChI=1S/C19H15ClFN3O/c20-13-5-3-4-12(10-13)17-18(16(23-24-17)11-8-9-11)22-19(25)14-6-1-2-7-15(14)21/h1-7,10-11H,8-9H2,(H,22,25)(H,23,24). The summed E-state index contributed by atoms with van der Waals surface area (Å²) >= 11 is 6.08. The molecule has 6 heteroatoms. The fraction of sp³-hybridized carbons (Fsp3) is 0.158. The normalized spacial score (nSPS) is 13.7. The topological polar surface area (TPSA) is 57.8 Å². The van der Waals surface area contributed by atoms with Crippen LogP contribution in [0.5, 0.6) is 0 Å². The summed E-state index contributed by atoms with van der Waals surface area (Å²) < 4.78 is 13.9. The zero-order valence-corrected chi connectivity index (χ0v) is 14.0. The molecule has 4 rings (SSSR count). The van der Waals surface area contributed by atoms with Gasteiger partial charge in [0.1, 0.15) is 11.5 Å². The number of H-pyrrole nitrogens is 1. The average Bonchev–Trinajstić information content (AvgIpc) is 3.36. The van der Waals surface area contributed by atoms with Gasteiger partial charge in [0.2, 0.25) is 0 Å². The summed E-state index contributed by atoms with van der Waals surface area (Å²) in [6.07, 6.45) is 2.08. The molecule has 0 atom stereocenters. The Kier molecular flexibility index (Phi) is 4.01. The van der Waals surface area contributed by atoms with Crippen LogP contribution in [0.1, 0.15) is 34.8 Å². The predicted octanol–water partition coefficient (Wildman–Crippen LogP) is 5.00. The van der Waals surface area contributed by atoms with Crippen LogP contribution in [-0.2, 0) is 0 Å². The molecule has 2 N–H and O–H groups in total. The smallest absolute Gasteiger partial charge is 0.258 e. The van der Waals surface area contributed by atoms with Crippen molar-refractivity contribution in [2.24, 2.45) is 0 Å². The molecule has 0 radical (unpaired) electrons. The lowest BCUT2D eigenvalue weighted by molar-refractivity contribution is 0.102. The van der Waals surface area contributed by atoms with Crippen LogP contribution in [0, 0.1) is 5.82 Å². The fourth-order valence-electron chi connectivity index (χ4n) is 2.82. The van der Waals surface area contributed by atoms with E-state index in [0.29, 0.717) is 22.3 Å². The number of rotatable bonds is 4. The second kappa shape index (κ2) is 6.33. The molecule has 1 fully saturated rings. The Hall–Kier alpha value is -2.66. The van der Waals surface area contributed by atoms with E-state index in [1.54, 1.807) is 24.3 Å². The molecule has 1 amide bonds. The molecule has 1 saturated carbocycles. The van der Waals surface area contributed by atoms with Crippen LogP contribution < -0.4 is 5.32 Å². The highest BCUT2D eigenvalue weighted by molar-refractivity contribution is 6.30. The molecule has 0 spiro atoms. The number of aromatic nitrogens is 2. The number of benzene rings is 2. The number of nitrogens with zero attached hydrogens (tertiary/aromatic N) is 1. The van der Waals surface area contributed by atoms with Crippen molar-refractivity contribution in [1.29, 1.82) is 0 Å². The minimum atomic E-state index is -0.555. The predicted molar refractivity (Wildman–Crippen MR) is 95.4 cm³/mol. The molecule has 25 heavy (non-hydrogen) atoms. The molecule has 0 aliphatic heterocycles. The van der Waals surface area contributed by atoms with Crippen LogP contribution in [-0.4, -0.2) is 16.1 Å². The highest BCUT2D eigenvalue weighted by Gasteiger charge is 2.31. The number of carbonyl (C=O) groups is 1. The number of halogens is 2. The quantitative estimate of drug-likeness (QED) is 0.692. The number of anilines is 1. The van der Waals surface area contributed by atoms with Gasteiger partial charge in [0.05, 0.1) is 16.9 Å². The molecule has 3 aromatic rings. The second-order valence-electron chi connectivity index (χ2n) is 6.08. The molecule has 1 aliphatic carbocycles. The highest BCUT2D eigenvalue weighted by atomic mass is 35.5. The minimum Gasteiger partial charge on any atom is -0.318 e. The summed E-state index contributed by atoms with van der Waals surface area (Å²) in [4.78, 5) is 12.6. The maximum Gasteiger partial charge on any atom is 0.258 e. The molecule has 0 bridgehead atoms. The van der Waals surface area contributed by atoms with Gasteiger partial charge in [0.15, 0.2) is 0 Å². The zero-order chi connectivity index (χ0) is 17.4. The number of hydrogen-bond donors (Lipinski definition) is 2. The molecule has 2 aromatic carbocycles. The lowest BCUT2D eigenvalue weighted by Gasteiger charge is -2.09. The lowest BCUT2D eigenvalue weighted by Crippen LogP contribution is -2.14. The third-order valence-corrected chi connectivity index (χ3v) is 4.47. The van der Waals surface area contributed by atoms with Crippen molar-refractivity contribution < 1.29 is 9.18 Å². The molecule has 1 aromatic heterocycles. The summed E-state index contributed by atoms with van der Waals surface area (Å²) in [7, 11) is 0. The first-order valence-electron chi connectivity index (χ1n) is 8.03. The lowest BCUT2D eigenvalue weighted by atomic mass is 10.1. The van der Waals surface area contributed by atoms with Gasteiger partial charge in [-0.15, -0.1) is 0 Å². The first-order chi connectivity index (χ1) is 12.1. The van der Waals surface area contributed by atoms with Crippen molar-refractivity contribution >= 4 is 23.2 Å². The number of nitrogens with one attached hydrogen (secondary N) is 2. The molecular weight excluding hydrogens is 341 g/mol. The van der Waals surface area contributed by atoms with Crippen LogP contribution in [0.15, 0.2) is 48.5 Å². The van der Waals surface area contributed by atoms with Gasteiger partial charge in [-0.3, -0.25) is 9.89 Å². The van der Waals surface area contributed by atoms with Gasteiger partial charge < -0.3 is 5.32 Å². The van der Waals surface area contributed by atoms with Gasteiger partial charge in [-0.1, -0.05) is 35.9 Å². The van der Waals surface area contributed by atoms with E-state index in [2.05, 4.69) is 15.5 Å². The molecule has 4 nitrogen and oxygen atoms in total. The van der Waals surface area contributed by atoms with E-state index in [0.717, 1.165) is 24.1 Å². The van der Waals surface area contributed by atoms with Crippen molar-refractivity contribution in [3.63, 3.8) is 0 Å². The van der Waals surface area contributed by atoms with Crippen LogP contribution in [0.4, 0.5) is 10.1 Å². The monoisotopic (exact) mass is 355 g/mol. The van der Waals surface area contributed by atoms with Gasteiger partial charge in [-0.25, -0.2) is 4.39 Å². The van der Waals surface area contributed by atoms with Crippen LogP contribution >= 0.6 is 11.6 Å². The molecule has 0 saturated heterocycles. The van der Waals surface area contributed by atoms with Gasteiger partial charge >= 0.3 is 0 Å². The van der Waals surface area contributed by atoms with Gasteiger partial charge in [-0.2, -0.15) is 5.10 Å². The van der Waals surface area contributed by atoms with Crippen molar-refractivity contribution in [1.82, 2.24) is 10.2 Å². The average molecular weight is 356 g/mol. The Morgan fingerprint density at radius 1 is 1.20 bits per heavy atom. The molecule has 1 aliphatic rings. The van der Waals surface area contributed by atoms with E-state index in [9.17, 15) is 9.18 Å². The molecule has 126 valence electrons. The Bertz CT molecular complexity index is 949. The van der Waals surface area contributed by atoms with Crippen molar-refractivity contribution in [3.05, 3.63) is 70.6 Å². The Morgan fingerprint density at radius 2 is 2.00 bits per heavy atom. The van der Waals surface area contributed by atoms with Gasteiger partial charge in [0.25, 0.3) is 5.91 Å². The summed E-state index contributed by atoms with van der Waals surface area (Å²) in [5.74, 6) is -0.707. The maximum absolute atomic E-state index is 13.9. The molecule has 1 heterocycles. The number of amides is 1. The third kappa shape index (κ3) is 3.15. The highest BCUT2D eigenvalue weighted by Crippen LogP contribution is 2.45. The Morgan fingerprint density at radius 3 is 2.72 bits per heavy atom. The summed E-state index contributed by atoms with van der Waals surface area (Å²) in [5.41, 5.74) is 2.87. The van der Waals surface area contributed by atoms with Crippen LogP contribution in [0.2, 0.25) is 5.02 Å². The van der Waals surface area contributed by atoms with E-state index < -0.39 is 11.7 Å². The SMILES string of the molecule is O=C(Nc1c(-c2cccc(Cl)c2)n[nH]c1C1CC1)c1ccccc1F. The molecular formula is C19H15ClFN3O. The first kappa shape index (κ1) is 15.8. The van der Waals surface area contributed by atoms with E-state index in [4.69, 9.17) is 11.6 Å². The largest absolute Gasteiger partial charge is 0.318 e. The zero-order valence-electron chi connectivity index (χ0n) is 13.2. The number of aromatic amines is 1. The maximum atomic E-state index is 13.9. The number of carbonyl (C=O) groups excluding carboxylic acids is 1. The Balaban J connectivity index is 1.74. The van der Waals surface area contributed by atoms with Crippen molar-refractivity contribution in [2.45, 2.75) is 18.8 Å². The number of hydrogen-bond acceptors (Lipinski definition) is 2. The van der Waals surface area contributed by atoms with Crippen molar-refractivity contribution in [2.75, 3.05) is 5.32 Å². The van der Waals surface area contributed by atoms with E-state index >= 15 is 0 Å². The summed E-state index contributed by atoms with van der Waals surface area (Å²) in [6, 6.07) is 13.2. The Labute approximate surface area is 149 Å². The van der Waals surface area contributed by atoms with Crippen LogP contribution in [0.3, 0.4) is 0 Å². The van der Waals surface area contributed by atoms with Crippen molar-refractivity contribution in [3.8, 4) is 11.3 Å². The van der Waals surface area contributed by atoms with E-state index in [1.165, 1.54) is 12.1 Å². The molecule has 0 unspecified atom stereocenters. The third-order valence-electron chi connectivity index (χ3n) is 4.23. The van der Waals surface area contributed by atoms with Gasteiger partial charge in [0, 0.05) is 16.5 Å². The van der Waals surface area contributed by atoms with Gasteiger partial charge in [-0.05, 0) is 37.1 Å². The summed E-state index contributed by atoms with van der Waals surface area (Å²) in [5, 5.41) is 10.8. The summed E-state index contributed by atoms with van der Waals surface area (Å²) in [6.45, 7) is 0. The van der Waals surface area contributed by atoms with E-state index in [-0.39, 0.29) is 5.56 Å². The van der Waals surface area contributed by atoms with E-state index in [1.807, 2.05) is 12.1 Å². The fourth-order valence-corrected chi connectivity index (χ4v) is 3.01. The second-order valence-corrected chi connectivity index (χ2v) is 6.52. The minimum absolute atomic E-state index is 0.00231. The first-order valence-corrected chi connectivity index (χ1v) is 8.41.